The number of carbonyl (C=O) groups is 2. The lowest BCUT2D eigenvalue weighted by molar-refractivity contribution is -0.145. The zero-order valence-electron chi connectivity index (χ0n) is 33.5. The van der Waals surface area contributed by atoms with E-state index in [0.29, 0.717) is 31.7 Å². The van der Waals surface area contributed by atoms with E-state index in [9.17, 15) is 22.8 Å². The summed E-state index contributed by atoms with van der Waals surface area (Å²) in [6, 6.07) is 40.7. The molecule has 0 saturated carbocycles. The molecule has 0 radical (unpaired) electrons. The van der Waals surface area contributed by atoms with Crippen LogP contribution in [0.15, 0.2) is 146 Å². The van der Waals surface area contributed by atoms with E-state index in [4.69, 9.17) is 0 Å². The molecule has 2 amide bonds. The van der Waals surface area contributed by atoms with Crippen LogP contribution in [-0.4, -0.2) is 89.9 Å². The number of nitrogens with one attached hydrogen (secondary N) is 1. The Balaban J connectivity index is 1.06. The van der Waals surface area contributed by atoms with Crippen molar-refractivity contribution in [2.75, 3.05) is 62.2 Å². The summed E-state index contributed by atoms with van der Waals surface area (Å²) in [4.78, 5) is 43.4. The number of fused-ring (bicyclic) bond motifs is 1. The lowest BCUT2D eigenvalue weighted by Gasteiger charge is -2.39. The van der Waals surface area contributed by atoms with Crippen molar-refractivity contribution in [1.29, 1.82) is 0 Å². The number of piperazine rings is 2. The van der Waals surface area contributed by atoms with Crippen molar-refractivity contribution in [2.45, 2.75) is 31.7 Å². The summed E-state index contributed by atoms with van der Waals surface area (Å²) < 4.78 is 40.0. The van der Waals surface area contributed by atoms with Crippen LogP contribution in [0.4, 0.5) is 24.5 Å². The molecule has 2 aliphatic heterocycles. The number of H-pyrrole nitrogens is 1. The molecule has 1 atom stereocenters. The molecular formula is C49H49F3N6O2. The number of rotatable bonds is 12. The standard InChI is InChI=1S/C49H49F3N6O2/c50-49(51,52)41-20-15-37(16-21-41)19-24-47(59)58(36-39-17-22-43(23-18-39)56-31-29-55(30-32-56)42-11-5-2-6-12-42)46(33-40-34-53-45-14-8-7-13-44(40)45)48(60)57-27-25-54(26-28-57)35-38-9-3-1-4-10-38/h1-24,34,46,53H,25-33,35-36H2/t46-/m0/s1. The number of hydrogen-bond donors (Lipinski definition) is 1. The predicted molar refractivity (Wildman–Crippen MR) is 232 cm³/mol. The highest BCUT2D eigenvalue weighted by atomic mass is 19.4. The van der Waals surface area contributed by atoms with Crippen LogP contribution in [0.2, 0.25) is 0 Å². The van der Waals surface area contributed by atoms with Gasteiger partial charge in [-0.3, -0.25) is 14.5 Å². The second-order valence-electron chi connectivity index (χ2n) is 15.6. The normalized spacial score (nSPS) is 15.8. The fraction of sp³-hybridized carbons (Fsp3) is 0.265. The van der Waals surface area contributed by atoms with E-state index in [1.165, 1.54) is 35.5 Å². The Morgan fingerprint density at radius 1 is 0.667 bits per heavy atom. The predicted octanol–water partition coefficient (Wildman–Crippen LogP) is 8.51. The highest BCUT2D eigenvalue weighted by Gasteiger charge is 2.35. The molecule has 0 bridgehead atoms. The van der Waals surface area contributed by atoms with Crippen molar-refractivity contribution < 1.29 is 22.8 Å². The van der Waals surface area contributed by atoms with Crippen molar-refractivity contribution in [2.24, 2.45) is 0 Å². The molecule has 1 N–H and O–H groups in total. The molecule has 8 rings (SSSR count). The third-order valence-electron chi connectivity index (χ3n) is 11.7. The first-order valence-electron chi connectivity index (χ1n) is 20.6. The van der Waals surface area contributed by atoms with E-state index in [0.717, 1.165) is 72.6 Å². The number of aromatic amines is 1. The van der Waals surface area contributed by atoms with Crippen molar-refractivity contribution in [3.8, 4) is 0 Å². The molecule has 0 spiro atoms. The molecule has 6 aromatic rings. The molecule has 0 aliphatic carbocycles. The molecule has 11 heteroatoms. The second-order valence-corrected chi connectivity index (χ2v) is 15.6. The summed E-state index contributed by atoms with van der Waals surface area (Å²) in [7, 11) is 0. The summed E-state index contributed by atoms with van der Waals surface area (Å²) in [5.74, 6) is -0.541. The number of hydrogen-bond acceptors (Lipinski definition) is 5. The Morgan fingerprint density at radius 2 is 1.27 bits per heavy atom. The summed E-state index contributed by atoms with van der Waals surface area (Å²) in [5, 5.41) is 0.979. The van der Waals surface area contributed by atoms with Gasteiger partial charge >= 0.3 is 6.18 Å². The van der Waals surface area contributed by atoms with Crippen LogP contribution >= 0.6 is 0 Å². The quantitative estimate of drug-likeness (QED) is 0.126. The number of para-hydroxylation sites is 2. The number of aromatic nitrogens is 1. The van der Waals surface area contributed by atoms with Gasteiger partial charge in [0.15, 0.2) is 0 Å². The molecule has 60 heavy (non-hydrogen) atoms. The fourth-order valence-corrected chi connectivity index (χ4v) is 8.28. The largest absolute Gasteiger partial charge is 0.416 e. The van der Waals surface area contributed by atoms with Gasteiger partial charge in [-0.25, -0.2) is 0 Å². The topological polar surface area (TPSA) is 66.1 Å². The SMILES string of the molecule is O=C([C@H](Cc1c[nH]c2ccccc12)N(Cc1ccc(N2CCN(c3ccccc3)CC2)cc1)C(=O)C=Cc1ccc(C(F)(F)F)cc1)N1CCN(Cc2ccccc2)CC1. The Morgan fingerprint density at radius 3 is 1.92 bits per heavy atom. The first-order chi connectivity index (χ1) is 29.2. The van der Waals surface area contributed by atoms with Crippen LogP contribution in [0.25, 0.3) is 17.0 Å². The zero-order chi connectivity index (χ0) is 41.5. The molecule has 2 saturated heterocycles. The third-order valence-corrected chi connectivity index (χ3v) is 11.7. The first kappa shape index (κ1) is 40.4. The molecular weight excluding hydrogens is 762 g/mol. The van der Waals surface area contributed by atoms with Crippen LogP contribution in [0.3, 0.4) is 0 Å². The van der Waals surface area contributed by atoms with E-state index in [1.807, 2.05) is 71.8 Å². The lowest BCUT2D eigenvalue weighted by atomic mass is 10.0. The number of benzene rings is 5. The Bertz CT molecular complexity index is 2370. The number of halogens is 3. The van der Waals surface area contributed by atoms with Gasteiger partial charge in [0, 0.05) is 106 Å². The Labute approximate surface area is 349 Å². The van der Waals surface area contributed by atoms with Gasteiger partial charge in [0.25, 0.3) is 0 Å². The van der Waals surface area contributed by atoms with Gasteiger partial charge in [-0.05, 0) is 70.8 Å². The van der Waals surface area contributed by atoms with Gasteiger partial charge in [0.05, 0.1) is 5.56 Å². The van der Waals surface area contributed by atoms with E-state index in [2.05, 4.69) is 68.2 Å². The van der Waals surface area contributed by atoms with Crippen LogP contribution in [-0.2, 0) is 35.3 Å². The summed E-state index contributed by atoms with van der Waals surface area (Å²) in [6.07, 6.45) is 0.607. The van der Waals surface area contributed by atoms with Gasteiger partial charge in [0.1, 0.15) is 6.04 Å². The number of alkyl halides is 3. The summed E-state index contributed by atoms with van der Waals surface area (Å²) >= 11 is 0. The third kappa shape index (κ3) is 9.75. The molecule has 1 aromatic heterocycles. The van der Waals surface area contributed by atoms with Gasteiger partial charge in [-0.1, -0.05) is 91.0 Å². The first-order valence-corrected chi connectivity index (χ1v) is 20.6. The second kappa shape index (κ2) is 18.3. The molecule has 0 unspecified atom stereocenters. The average molecular weight is 811 g/mol. The molecule has 308 valence electrons. The summed E-state index contributed by atoms with van der Waals surface area (Å²) in [5.41, 5.74) is 5.93. The molecule has 2 aliphatic rings. The molecule has 8 nitrogen and oxygen atoms in total. The highest BCUT2D eigenvalue weighted by molar-refractivity contribution is 5.96. The van der Waals surface area contributed by atoms with Crippen molar-refractivity contribution in [3.63, 3.8) is 0 Å². The highest BCUT2D eigenvalue weighted by Crippen LogP contribution is 2.30. The maximum atomic E-state index is 14.9. The number of anilines is 2. The zero-order valence-corrected chi connectivity index (χ0v) is 33.5. The lowest BCUT2D eigenvalue weighted by Crippen LogP contribution is -2.56. The number of nitrogens with zero attached hydrogens (tertiary/aromatic N) is 5. The van der Waals surface area contributed by atoms with Crippen molar-refractivity contribution in [3.05, 3.63) is 174 Å². The van der Waals surface area contributed by atoms with Crippen molar-refractivity contribution >= 4 is 40.2 Å². The Kier molecular flexibility index (Phi) is 12.3. The monoisotopic (exact) mass is 810 g/mol. The molecule has 3 heterocycles. The van der Waals surface area contributed by atoms with E-state index in [-0.39, 0.29) is 18.9 Å². The Hall–Kier alpha value is -6.33. The van der Waals surface area contributed by atoms with Crippen molar-refractivity contribution in [1.82, 2.24) is 19.7 Å². The van der Waals surface area contributed by atoms with Gasteiger partial charge < -0.3 is 24.6 Å². The number of amides is 2. The average Bonchev–Trinajstić information content (AvgIpc) is 3.70. The van der Waals surface area contributed by atoms with E-state index in [1.54, 1.807) is 4.90 Å². The van der Waals surface area contributed by atoms with Gasteiger partial charge in [-0.2, -0.15) is 13.2 Å². The van der Waals surface area contributed by atoms with E-state index < -0.39 is 23.7 Å². The smallest absolute Gasteiger partial charge is 0.368 e. The fourth-order valence-electron chi connectivity index (χ4n) is 8.28. The minimum absolute atomic E-state index is 0.135. The van der Waals surface area contributed by atoms with Crippen LogP contribution < -0.4 is 9.80 Å². The maximum Gasteiger partial charge on any atom is 0.416 e. The summed E-state index contributed by atoms with van der Waals surface area (Å²) in [6.45, 7) is 6.92. The van der Waals surface area contributed by atoms with Crippen LogP contribution in [0.5, 0.6) is 0 Å². The van der Waals surface area contributed by atoms with Crippen LogP contribution in [0.1, 0.15) is 27.8 Å². The molecule has 5 aromatic carbocycles. The molecule has 2 fully saturated rings. The van der Waals surface area contributed by atoms with Gasteiger partial charge in [-0.15, -0.1) is 0 Å². The maximum absolute atomic E-state index is 14.9. The van der Waals surface area contributed by atoms with Crippen LogP contribution in [0, 0.1) is 0 Å². The van der Waals surface area contributed by atoms with Gasteiger partial charge in [0.2, 0.25) is 11.8 Å². The number of carbonyl (C=O) groups excluding carboxylic acids is 2. The minimum Gasteiger partial charge on any atom is -0.368 e. The minimum atomic E-state index is -4.47. The van der Waals surface area contributed by atoms with E-state index >= 15 is 0 Å².